The molecule has 5 heteroatoms. The SMILES string of the molecule is Cc1csc2c(=O)n(CCBr)cnc12. The number of hydrogen-bond donors (Lipinski definition) is 0. The van der Waals surface area contributed by atoms with Crippen molar-refractivity contribution in [1.29, 1.82) is 0 Å². The molecule has 0 atom stereocenters. The van der Waals surface area contributed by atoms with E-state index < -0.39 is 0 Å². The first-order valence-corrected chi connectivity index (χ1v) is 6.23. The average molecular weight is 273 g/mol. The van der Waals surface area contributed by atoms with Crippen molar-refractivity contribution in [2.45, 2.75) is 13.5 Å². The number of hydrogen-bond acceptors (Lipinski definition) is 3. The Morgan fingerprint density at radius 3 is 3.14 bits per heavy atom. The maximum absolute atomic E-state index is 11.8. The summed E-state index contributed by atoms with van der Waals surface area (Å²) < 4.78 is 2.39. The summed E-state index contributed by atoms with van der Waals surface area (Å²) >= 11 is 4.77. The molecule has 0 aliphatic rings. The van der Waals surface area contributed by atoms with Crippen molar-refractivity contribution >= 4 is 37.5 Å². The Balaban J connectivity index is 2.70. The molecule has 0 amide bonds. The largest absolute Gasteiger partial charge is 0.297 e. The molecule has 0 aliphatic heterocycles. The monoisotopic (exact) mass is 272 g/mol. The number of alkyl halides is 1. The molecule has 0 radical (unpaired) electrons. The third-order valence-electron chi connectivity index (χ3n) is 2.05. The average Bonchev–Trinajstić information content (AvgIpc) is 2.54. The Hall–Kier alpha value is -0.680. The predicted octanol–water partition coefficient (Wildman–Crippen LogP) is 2.16. The van der Waals surface area contributed by atoms with Gasteiger partial charge >= 0.3 is 0 Å². The highest BCUT2D eigenvalue weighted by atomic mass is 79.9. The highest BCUT2D eigenvalue weighted by molar-refractivity contribution is 9.09. The van der Waals surface area contributed by atoms with Gasteiger partial charge in [-0.1, -0.05) is 15.9 Å². The topological polar surface area (TPSA) is 34.9 Å². The fourth-order valence-electron chi connectivity index (χ4n) is 1.31. The second-order valence-corrected chi connectivity index (χ2v) is 4.70. The molecule has 2 heterocycles. The second kappa shape index (κ2) is 3.82. The number of fused-ring (bicyclic) bond motifs is 1. The maximum atomic E-state index is 11.8. The van der Waals surface area contributed by atoms with Crippen molar-refractivity contribution in [2.75, 3.05) is 5.33 Å². The van der Waals surface area contributed by atoms with E-state index >= 15 is 0 Å². The molecule has 2 aromatic heterocycles. The quantitative estimate of drug-likeness (QED) is 0.786. The van der Waals surface area contributed by atoms with Crippen molar-refractivity contribution in [3.05, 3.63) is 27.6 Å². The lowest BCUT2D eigenvalue weighted by Crippen LogP contribution is -2.20. The molecule has 0 bridgehead atoms. The Morgan fingerprint density at radius 1 is 1.64 bits per heavy atom. The van der Waals surface area contributed by atoms with Crippen LogP contribution in [-0.2, 0) is 6.54 Å². The fourth-order valence-corrected chi connectivity index (χ4v) is 2.64. The molecule has 2 aromatic rings. The minimum absolute atomic E-state index is 0.0625. The number of thiophene rings is 1. The summed E-state index contributed by atoms with van der Waals surface area (Å²) in [6.45, 7) is 2.64. The van der Waals surface area contributed by atoms with Gasteiger partial charge in [-0.3, -0.25) is 9.36 Å². The second-order valence-electron chi connectivity index (χ2n) is 3.03. The molecule has 0 saturated heterocycles. The van der Waals surface area contributed by atoms with E-state index in [0.29, 0.717) is 6.54 Å². The zero-order valence-electron chi connectivity index (χ0n) is 7.66. The molecule has 2 rings (SSSR count). The van der Waals surface area contributed by atoms with Crippen molar-refractivity contribution in [3.63, 3.8) is 0 Å². The first kappa shape index (κ1) is 9.86. The van der Waals surface area contributed by atoms with Crippen molar-refractivity contribution in [3.8, 4) is 0 Å². The van der Waals surface area contributed by atoms with E-state index in [1.54, 1.807) is 10.9 Å². The predicted molar refractivity (Wildman–Crippen MR) is 62.4 cm³/mol. The minimum atomic E-state index is 0.0625. The molecular weight excluding hydrogens is 264 g/mol. The van der Waals surface area contributed by atoms with E-state index in [9.17, 15) is 4.79 Å². The molecule has 74 valence electrons. The van der Waals surface area contributed by atoms with Gasteiger partial charge in [0.25, 0.3) is 5.56 Å². The van der Waals surface area contributed by atoms with Crippen LogP contribution in [0.25, 0.3) is 10.2 Å². The number of aromatic nitrogens is 2. The van der Waals surface area contributed by atoms with Crippen LogP contribution in [0.2, 0.25) is 0 Å². The summed E-state index contributed by atoms with van der Waals surface area (Å²) in [5, 5.41) is 2.74. The molecule has 0 aromatic carbocycles. The van der Waals surface area contributed by atoms with Crippen molar-refractivity contribution in [1.82, 2.24) is 9.55 Å². The van der Waals surface area contributed by atoms with Crippen LogP contribution < -0.4 is 5.56 Å². The standard InChI is InChI=1S/C9H9BrN2OS/c1-6-4-14-8-7(6)11-5-12(3-2-10)9(8)13/h4-5H,2-3H2,1H3. The summed E-state index contributed by atoms with van der Waals surface area (Å²) in [4.78, 5) is 16.1. The summed E-state index contributed by atoms with van der Waals surface area (Å²) in [6, 6.07) is 0. The van der Waals surface area contributed by atoms with Crippen LogP contribution >= 0.6 is 27.3 Å². The molecular formula is C9H9BrN2OS. The molecule has 0 aliphatic carbocycles. The van der Waals surface area contributed by atoms with Gasteiger partial charge in [-0.25, -0.2) is 4.98 Å². The molecule has 0 spiro atoms. The number of rotatable bonds is 2. The van der Waals surface area contributed by atoms with Crippen molar-refractivity contribution < 1.29 is 0 Å². The summed E-state index contributed by atoms with van der Waals surface area (Å²) in [5.41, 5.74) is 1.98. The van der Waals surface area contributed by atoms with Crippen LogP contribution in [0.15, 0.2) is 16.5 Å². The molecule has 0 saturated carbocycles. The van der Waals surface area contributed by atoms with E-state index in [1.165, 1.54) is 11.3 Å². The lowest BCUT2D eigenvalue weighted by Gasteiger charge is -2.01. The van der Waals surface area contributed by atoms with Crippen LogP contribution in [-0.4, -0.2) is 14.9 Å². The van der Waals surface area contributed by atoms with Gasteiger partial charge in [-0.15, -0.1) is 11.3 Å². The Morgan fingerprint density at radius 2 is 2.43 bits per heavy atom. The van der Waals surface area contributed by atoms with Gasteiger partial charge in [0.15, 0.2) is 0 Å². The van der Waals surface area contributed by atoms with E-state index in [1.807, 2.05) is 12.3 Å². The van der Waals surface area contributed by atoms with Gasteiger partial charge in [0.2, 0.25) is 0 Å². The number of aryl methyl sites for hydroxylation is 2. The van der Waals surface area contributed by atoms with Gasteiger partial charge in [-0.05, 0) is 17.9 Å². The summed E-state index contributed by atoms with van der Waals surface area (Å²) in [5.74, 6) is 0. The molecule has 0 fully saturated rings. The lowest BCUT2D eigenvalue weighted by molar-refractivity contribution is 0.729. The van der Waals surface area contributed by atoms with E-state index in [-0.39, 0.29) is 5.56 Å². The van der Waals surface area contributed by atoms with E-state index in [2.05, 4.69) is 20.9 Å². The first-order valence-electron chi connectivity index (χ1n) is 4.23. The Labute approximate surface area is 93.5 Å². The lowest BCUT2D eigenvalue weighted by atomic mass is 10.3. The molecule has 0 N–H and O–H groups in total. The summed E-state index contributed by atoms with van der Waals surface area (Å²) in [6.07, 6.45) is 1.62. The van der Waals surface area contributed by atoms with Gasteiger partial charge in [0.05, 0.1) is 11.8 Å². The van der Waals surface area contributed by atoms with Crippen LogP contribution in [0.1, 0.15) is 5.56 Å². The van der Waals surface area contributed by atoms with Gasteiger partial charge in [-0.2, -0.15) is 0 Å². The van der Waals surface area contributed by atoms with Gasteiger partial charge in [0, 0.05) is 11.9 Å². The third kappa shape index (κ3) is 1.50. The van der Waals surface area contributed by atoms with Crippen LogP contribution in [0, 0.1) is 6.92 Å². The van der Waals surface area contributed by atoms with Crippen LogP contribution in [0.4, 0.5) is 0 Å². The van der Waals surface area contributed by atoms with Crippen LogP contribution in [0.3, 0.4) is 0 Å². The van der Waals surface area contributed by atoms with Crippen LogP contribution in [0.5, 0.6) is 0 Å². The van der Waals surface area contributed by atoms with Gasteiger partial charge in [0.1, 0.15) is 4.70 Å². The molecule has 14 heavy (non-hydrogen) atoms. The zero-order chi connectivity index (χ0) is 10.1. The Kier molecular flexibility index (Phi) is 2.69. The third-order valence-corrected chi connectivity index (χ3v) is 3.48. The Bertz CT molecular complexity index is 517. The fraction of sp³-hybridized carbons (Fsp3) is 0.333. The number of halogens is 1. The first-order chi connectivity index (χ1) is 6.74. The van der Waals surface area contributed by atoms with E-state index in [4.69, 9.17) is 0 Å². The maximum Gasteiger partial charge on any atom is 0.271 e. The van der Waals surface area contributed by atoms with Crippen molar-refractivity contribution in [2.24, 2.45) is 0 Å². The van der Waals surface area contributed by atoms with Gasteiger partial charge < -0.3 is 0 Å². The summed E-state index contributed by atoms with van der Waals surface area (Å²) in [7, 11) is 0. The smallest absolute Gasteiger partial charge is 0.271 e. The normalized spacial score (nSPS) is 11.0. The zero-order valence-corrected chi connectivity index (χ0v) is 10.1. The van der Waals surface area contributed by atoms with E-state index in [0.717, 1.165) is 21.1 Å². The highest BCUT2D eigenvalue weighted by Gasteiger charge is 2.07. The highest BCUT2D eigenvalue weighted by Crippen LogP contribution is 2.19. The minimum Gasteiger partial charge on any atom is -0.297 e. The number of nitrogens with zero attached hydrogens (tertiary/aromatic N) is 2. The molecule has 3 nitrogen and oxygen atoms in total. The molecule has 0 unspecified atom stereocenters.